The Bertz CT molecular complexity index is 153. The van der Waals surface area contributed by atoms with Crippen molar-refractivity contribution in [3.63, 3.8) is 0 Å². The normalized spacial score (nSPS) is 12.7. The summed E-state index contributed by atoms with van der Waals surface area (Å²) >= 11 is 0. The van der Waals surface area contributed by atoms with E-state index in [-0.39, 0.29) is 5.50 Å². The summed E-state index contributed by atoms with van der Waals surface area (Å²) in [6.45, 7) is 10.3. The van der Waals surface area contributed by atoms with E-state index in [0.717, 1.165) is 6.32 Å². The smallest absolute Gasteiger partial charge is 0.108 e. The van der Waals surface area contributed by atoms with Crippen molar-refractivity contribution in [2.75, 3.05) is 6.61 Å². The lowest BCUT2D eigenvalue weighted by molar-refractivity contribution is -0.00667. The Hall–Kier alpha value is 0.0499. The van der Waals surface area contributed by atoms with Crippen molar-refractivity contribution in [3.8, 4) is 0 Å². The van der Waals surface area contributed by atoms with E-state index in [1.165, 1.54) is 0 Å². The minimum absolute atomic E-state index is 0.221. The van der Waals surface area contributed by atoms with Gasteiger partial charge >= 0.3 is 0 Å². The van der Waals surface area contributed by atoms with Gasteiger partial charge in [-0.1, -0.05) is 13.2 Å². The maximum absolute atomic E-state index is 9.49. The van der Waals surface area contributed by atoms with Crippen LogP contribution >= 0.6 is 0 Å². The molecule has 0 heterocycles. The Morgan fingerprint density at radius 3 is 2.21 bits per heavy atom. The average molecular weight is 196 g/mol. The van der Waals surface area contributed by atoms with Crippen molar-refractivity contribution in [3.05, 3.63) is 0 Å². The maximum Gasteiger partial charge on any atom is 0.108 e. The Kier molecular flexibility index (Phi) is 5.84. The van der Waals surface area contributed by atoms with Crippen LogP contribution in [-0.4, -0.2) is 37.2 Å². The van der Waals surface area contributed by atoms with Gasteiger partial charge in [-0.3, -0.25) is 0 Å². The molecule has 0 spiro atoms. The Morgan fingerprint density at radius 1 is 1.21 bits per heavy atom. The summed E-state index contributed by atoms with van der Waals surface area (Å²) in [4.78, 5) is 0. The van der Waals surface area contributed by atoms with Gasteiger partial charge in [-0.2, -0.15) is 0 Å². The minimum atomic E-state index is -0.634. The molecule has 0 aliphatic rings. The largest absolute Gasteiger partial charge is 0.390 e. The molecule has 0 aromatic rings. The summed E-state index contributed by atoms with van der Waals surface area (Å²) in [6.07, 6.45) is 1.69. The van der Waals surface area contributed by atoms with Crippen LogP contribution in [0.2, 0.25) is 6.32 Å². The van der Waals surface area contributed by atoms with Gasteiger partial charge in [-0.25, -0.2) is 0 Å². The van der Waals surface area contributed by atoms with Crippen LogP contribution in [0.3, 0.4) is 0 Å². The van der Waals surface area contributed by atoms with Gasteiger partial charge in [-0.05, 0) is 34.1 Å². The van der Waals surface area contributed by atoms with E-state index in [1.807, 2.05) is 13.8 Å². The fourth-order valence-electron chi connectivity index (χ4n) is 1.01. The highest BCUT2D eigenvalue weighted by molar-refractivity contribution is 7.01. The average Bonchev–Trinajstić information content (AvgIpc) is 1.98. The standard InChI is InChI=1S/C10H22B2O2/c1-6-11-12-10(4,5)14-8-7-9(2,3)13/h13H,6-8H2,1-5H3. The van der Waals surface area contributed by atoms with Crippen molar-refractivity contribution in [1.29, 1.82) is 0 Å². The Labute approximate surface area is 89.9 Å². The summed E-state index contributed by atoms with van der Waals surface area (Å²) in [6, 6.07) is 0. The number of aliphatic hydroxyl groups is 1. The highest BCUT2D eigenvalue weighted by atomic mass is 16.5. The molecule has 0 aliphatic carbocycles. The molecule has 2 nitrogen and oxygen atoms in total. The Balaban J connectivity index is 3.65. The number of rotatable bonds is 7. The van der Waals surface area contributed by atoms with Crippen molar-refractivity contribution >= 4 is 14.3 Å². The SMILES string of the molecule is CC[B][B]C(C)(C)OCCC(C)(C)O. The molecule has 2 radical (unpaired) electrons. The molecule has 4 heteroatoms. The topological polar surface area (TPSA) is 29.5 Å². The third kappa shape index (κ3) is 8.64. The molecule has 0 aromatic heterocycles. The highest BCUT2D eigenvalue weighted by Gasteiger charge is 2.20. The van der Waals surface area contributed by atoms with E-state index in [9.17, 15) is 5.11 Å². The van der Waals surface area contributed by atoms with Crippen LogP contribution in [0.25, 0.3) is 0 Å². The van der Waals surface area contributed by atoms with Crippen LogP contribution < -0.4 is 0 Å². The number of ether oxygens (including phenoxy) is 1. The van der Waals surface area contributed by atoms with Crippen molar-refractivity contribution in [2.45, 2.75) is 58.5 Å². The zero-order chi connectivity index (χ0) is 11.2. The van der Waals surface area contributed by atoms with Crippen molar-refractivity contribution < 1.29 is 9.84 Å². The van der Waals surface area contributed by atoms with Gasteiger partial charge in [0.2, 0.25) is 0 Å². The third-order valence-electron chi connectivity index (χ3n) is 1.94. The lowest BCUT2D eigenvalue weighted by Gasteiger charge is -2.27. The van der Waals surface area contributed by atoms with E-state index in [0.29, 0.717) is 13.0 Å². The van der Waals surface area contributed by atoms with Crippen molar-refractivity contribution in [2.24, 2.45) is 0 Å². The van der Waals surface area contributed by atoms with Gasteiger partial charge in [0.25, 0.3) is 0 Å². The first kappa shape index (κ1) is 14.0. The molecular formula is C10H22B2O2. The predicted octanol–water partition coefficient (Wildman–Crippen LogP) is 1.66. The molecule has 80 valence electrons. The molecule has 0 aliphatic heterocycles. The monoisotopic (exact) mass is 196 g/mol. The van der Waals surface area contributed by atoms with Gasteiger partial charge in [0.15, 0.2) is 0 Å². The highest BCUT2D eigenvalue weighted by Crippen LogP contribution is 2.12. The zero-order valence-electron chi connectivity index (χ0n) is 10.1. The second-order valence-electron chi connectivity index (χ2n) is 4.82. The summed E-state index contributed by atoms with van der Waals surface area (Å²) < 4.78 is 5.66. The molecule has 0 saturated heterocycles. The van der Waals surface area contributed by atoms with E-state index in [4.69, 9.17) is 4.74 Å². The molecule has 0 amide bonds. The molecule has 0 fully saturated rings. The van der Waals surface area contributed by atoms with E-state index >= 15 is 0 Å². The summed E-state index contributed by atoms with van der Waals surface area (Å²) in [5.41, 5.74) is -0.855. The maximum atomic E-state index is 9.49. The van der Waals surface area contributed by atoms with Gasteiger partial charge in [0.05, 0.1) is 12.8 Å². The molecule has 1 N–H and O–H groups in total. The van der Waals surface area contributed by atoms with Crippen LogP contribution in [-0.2, 0) is 4.74 Å². The van der Waals surface area contributed by atoms with Gasteiger partial charge in [0.1, 0.15) is 7.17 Å². The molecule has 0 bridgehead atoms. The molecule has 0 aromatic carbocycles. The summed E-state index contributed by atoms with van der Waals surface area (Å²) in [7, 11) is 4.17. The van der Waals surface area contributed by atoms with Gasteiger partial charge in [0, 0.05) is 12.1 Å². The quantitative estimate of drug-likeness (QED) is 0.627. The molecule has 0 saturated carbocycles. The van der Waals surface area contributed by atoms with E-state index < -0.39 is 5.60 Å². The fourth-order valence-corrected chi connectivity index (χ4v) is 1.01. The van der Waals surface area contributed by atoms with Crippen LogP contribution in [0.15, 0.2) is 0 Å². The molecule has 0 unspecified atom stereocenters. The number of hydrogen-bond donors (Lipinski definition) is 1. The summed E-state index contributed by atoms with van der Waals surface area (Å²) in [5.74, 6) is 0. The van der Waals surface area contributed by atoms with E-state index in [1.54, 1.807) is 13.8 Å². The molecule has 0 atom stereocenters. The van der Waals surface area contributed by atoms with Crippen LogP contribution in [0.5, 0.6) is 0 Å². The second-order valence-corrected chi connectivity index (χ2v) is 4.82. The molecular weight excluding hydrogens is 174 g/mol. The van der Waals surface area contributed by atoms with Crippen LogP contribution in [0.1, 0.15) is 41.0 Å². The lowest BCUT2D eigenvalue weighted by Crippen LogP contribution is -2.37. The zero-order valence-corrected chi connectivity index (χ0v) is 10.1. The first-order valence-corrected chi connectivity index (χ1v) is 5.31. The second kappa shape index (κ2) is 5.82. The van der Waals surface area contributed by atoms with Gasteiger partial charge in [-0.15, -0.1) is 0 Å². The van der Waals surface area contributed by atoms with Crippen LogP contribution in [0, 0.1) is 0 Å². The van der Waals surface area contributed by atoms with Gasteiger partial charge < -0.3 is 9.84 Å². The summed E-state index contributed by atoms with van der Waals surface area (Å²) in [5, 5.41) is 9.49. The Morgan fingerprint density at radius 2 is 1.79 bits per heavy atom. The molecule has 14 heavy (non-hydrogen) atoms. The fraction of sp³-hybridized carbons (Fsp3) is 1.00. The number of hydrogen-bond acceptors (Lipinski definition) is 2. The predicted molar refractivity (Wildman–Crippen MR) is 62.9 cm³/mol. The lowest BCUT2D eigenvalue weighted by atomic mass is 9.32. The van der Waals surface area contributed by atoms with E-state index in [2.05, 4.69) is 21.3 Å². The molecule has 0 rings (SSSR count). The minimum Gasteiger partial charge on any atom is -0.390 e. The van der Waals surface area contributed by atoms with Crippen molar-refractivity contribution in [1.82, 2.24) is 0 Å². The first-order valence-electron chi connectivity index (χ1n) is 5.31. The third-order valence-corrected chi connectivity index (χ3v) is 1.94. The van der Waals surface area contributed by atoms with Crippen LogP contribution in [0.4, 0.5) is 0 Å². The first-order chi connectivity index (χ1) is 6.27.